The minimum absolute atomic E-state index is 0.0968. The van der Waals surface area contributed by atoms with E-state index in [4.69, 9.17) is 4.74 Å². The van der Waals surface area contributed by atoms with Crippen LogP contribution in [-0.4, -0.2) is 43.7 Å². The van der Waals surface area contributed by atoms with Crippen molar-refractivity contribution in [3.63, 3.8) is 0 Å². The van der Waals surface area contributed by atoms with Crippen LogP contribution in [0.15, 0.2) is 53.4 Å². The van der Waals surface area contributed by atoms with E-state index in [0.717, 1.165) is 18.7 Å². The summed E-state index contributed by atoms with van der Waals surface area (Å²) in [6, 6.07) is 15.6. The molecule has 2 heterocycles. The zero-order chi connectivity index (χ0) is 18.2. The van der Waals surface area contributed by atoms with Crippen LogP contribution >= 0.6 is 11.3 Å². The monoisotopic (exact) mass is 367 g/mol. The predicted octanol–water partition coefficient (Wildman–Crippen LogP) is 2.84. The van der Waals surface area contributed by atoms with Crippen molar-refractivity contribution < 1.29 is 9.53 Å². The first-order valence-electron chi connectivity index (χ1n) is 8.58. The highest BCUT2D eigenvalue weighted by Crippen LogP contribution is 2.25. The molecule has 1 N–H and O–H groups in total. The Labute approximate surface area is 157 Å². The lowest BCUT2D eigenvalue weighted by molar-refractivity contribution is -0.117. The van der Waals surface area contributed by atoms with Gasteiger partial charge in [-0.05, 0) is 23.1 Å². The Morgan fingerprint density at radius 2 is 2.04 bits per heavy atom. The van der Waals surface area contributed by atoms with Crippen molar-refractivity contribution in [2.75, 3.05) is 32.8 Å². The summed E-state index contributed by atoms with van der Waals surface area (Å²) in [5, 5.41) is 14.3. The third kappa shape index (κ3) is 4.79. The number of rotatable bonds is 6. The number of hydrogen-bond acceptors (Lipinski definition) is 5. The summed E-state index contributed by atoms with van der Waals surface area (Å²) in [5.74, 6) is -0.342. The lowest BCUT2D eigenvalue weighted by Gasteiger charge is -2.34. The van der Waals surface area contributed by atoms with Crippen molar-refractivity contribution in [1.29, 1.82) is 5.26 Å². The van der Waals surface area contributed by atoms with Gasteiger partial charge in [-0.3, -0.25) is 9.69 Å². The van der Waals surface area contributed by atoms with E-state index in [-0.39, 0.29) is 17.5 Å². The maximum atomic E-state index is 12.5. The number of amides is 1. The molecule has 1 saturated heterocycles. The summed E-state index contributed by atoms with van der Waals surface area (Å²) >= 11 is 1.68. The molecule has 0 spiro atoms. The Hall–Kier alpha value is -2.46. The highest BCUT2D eigenvalue weighted by molar-refractivity contribution is 7.10. The van der Waals surface area contributed by atoms with Crippen LogP contribution in [0.5, 0.6) is 0 Å². The molecule has 0 radical (unpaired) electrons. The number of ether oxygens (including phenoxy) is 1. The van der Waals surface area contributed by atoms with Gasteiger partial charge in [0.05, 0.1) is 19.3 Å². The highest BCUT2D eigenvalue weighted by Gasteiger charge is 2.24. The summed E-state index contributed by atoms with van der Waals surface area (Å²) in [7, 11) is 0. The molecule has 5 nitrogen and oxygen atoms in total. The smallest absolute Gasteiger partial charge is 0.262 e. The first kappa shape index (κ1) is 18.3. The van der Waals surface area contributed by atoms with E-state index >= 15 is 0 Å². The average molecular weight is 367 g/mol. The number of carbonyl (C=O) groups excluding carboxylic acids is 1. The van der Waals surface area contributed by atoms with Gasteiger partial charge in [-0.1, -0.05) is 36.4 Å². The Morgan fingerprint density at radius 3 is 2.69 bits per heavy atom. The molecule has 1 aromatic carbocycles. The quantitative estimate of drug-likeness (QED) is 0.630. The van der Waals surface area contributed by atoms with Crippen LogP contribution in [-0.2, 0) is 9.53 Å². The van der Waals surface area contributed by atoms with Gasteiger partial charge in [-0.15, -0.1) is 11.3 Å². The van der Waals surface area contributed by atoms with Crippen LogP contribution in [0.1, 0.15) is 16.5 Å². The number of thiophene rings is 1. The van der Waals surface area contributed by atoms with E-state index in [1.54, 1.807) is 17.4 Å². The van der Waals surface area contributed by atoms with E-state index in [9.17, 15) is 10.1 Å². The second kappa shape index (κ2) is 9.30. The molecule has 1 aliphatic heterocycles. The van der Waals surface area contributed by atoms with Crippen LogP contribution in [0.4, 0.5) is 0 Å². The van der Waals surface area contributed by atoms with Crippen LogP contribution < -0.4 is 5.32 Å². The number of nitrogens with one attached hydrogen (secondary N) is 1. The molecule has 3 rings (SSSR count). The average Bonchev–Trinajstić information content (AvgIpc) is 3.22. The first-order valence-corrected chi connectivity index (χ1v) is 9.46. The molecule has 0 bridgehead atoms. The lowest BCUT2D eigenvalue weighted by atomic mass is 10.1. The Bertz CT molecular complexity index is 775. The molecule has 1 unspecified atom stereocenters. The van der Waals surface area contributed by atoms with Gasteiger partial charge in [0.25, 0.3) is 5.91 Å². The first-order chi connectivity index (χ1) is 12.8. The maximum absolute atomic E-state index is 12.5. The molecule has 6 heteroatoms. The van der Waals surface area contributed by atoms with Crippen molar-refractivity contribution in [1.82, 2.24) is 10.2 Å². The second-order valence-corrected chi connectivity index (χ2v) is 6.95. The zero-order valence-corrected chi connectivity index (χ0v) is 15.2. The summed E-state index contributed by atoms with van der Waals surface area (Å²) in [4.78, 5) is 16.0. The highest BCUT2D eigenvalue weighted by atomic mass is 32.1. The number of morpholine rings is 1. The molecule has 1 fully saturated rings. The summed E-state index contributed by atoms with van der Waals surface area (Å²) in [6.07, 6.45) is 1.62. The molecule has 2 aromatic rings. The van der Waals surface area contributed by atoms with Crippen molar-refractivity contribution in [2.45, 2.75) is 6.04 Å². The van der Waals surface area contributed by atoms with E-state index in [1.807, 2.05) is 47.8 Å². The van der Waals surface area contributed by atoms with Gasteiger partial charge in [0.2, 0.25) is 0 Å². The molecule has 0 saturated carbocycles. The molecular formula is C20H21N3O2S. The maximum Gasteiger partial charge on any atom is 0.262 e. The van der Waals surface area contributed by atoms with Gasteiger partial charge < -0.3 is 10.1 Å². The van der Waals surface area contributed by atoms with Crippen LogP contribution in [0.25, 0.3) is 6.08 Å². The Morgan fingerprint density at radius 1 is 1.27 bits per heavy atom. The van der Waals surface area contributed by atoms with Crippen molar-refractivity contribution in [3.05, 3.63) is 63.9 Å². The van der Waals surface area contributed by atoms with Crippen LogP contribution in [0.2, 0.25) is 0 Å². The van der Waals surface area contributed by atoms with Crippen LogP contribution in [0, 0.1) is 11.3 Å². The molecule has 1 aromatic heterocycles. The van der Waals surface area contributed by atoms with E-state index in [0.29, 0.717) is 19.8 Å². The van der Waals surface area contributed by atoms with Gasteiger partial charge in [0.1, 0.15) is 11.6 Å². The third-order valence-corrected chi connectivity index (χ3v) is 5.26. The summed E-state index contributed by atoms with van der Waals surface area (Å²) in [5.41, 5.74) is 0.949. The van der Waals surface area contributed by atoms with Crippen molar-refractivity contribution >= 4 is 23.3 Å². The number of carbonyl (C=O) groups is 1. The standard InChI is InChI=1S/C20H21N3O2S/c21-14-17(13-16-5-2-1-3-6-16)20(24)22-15-18(19-7-4-12-26-19)23-8-10-25-11-9-23/h1-7,12-13,18H,8-11,15H2,(H,22,24). The Balaban J connectivity index is 1.68. The Kier molecular flexibility index (Phi) is 6.56. The fraction of sp³-hybridized carbons (Fsp3) is 0.300. The predicted molar refractivity (Wildman–Crippen MR) is 102 cm³/mol. The third-order valence-electron chi connectivity index (χ3n) is 4.29. The number of nitrogens with zero attached hydrogens (tertiary/aromatic N) is 2. The van der Waals surface area contributed by atoms with Gasteiger partial charge in [0.15, 0.2) is 0 Å². The minimum Gasteiger partial charge on any atom is -0.379 e. The van der Waals surface area contributed by atoms with Crippen molar-refractivity contribution in [2.24, 2.45) is 0 Å². The van der Waals surface area contributed by atoms with E-state index in [1.165, 1.54) is 4.88 Å². The lowest BCUT2D eigenvalue weighted by Crippen LogP contribution is -2.43. The van der Waals surface area contributed by atoms with Gasteiger partial charge in [0, 0.05) is 24.5 Å². The largest absolute Gasteiger partial charge is 0.379 e. The fourth-order valence-corrected chi connectivity index (χ4v) is 3.79. The SMILES string of the molecule is N#CC(=Cc1ccccc1)C(=O)NCC(c1cccs1)N1CCOCC1. The van der Waals surface area contributed by atoms with E-state index in [2.05, 4.69) is 16.3 Å². The molecular weight excluding hydrogens is 346 g/mol. The molecule has 1 amide bonds. The molecule has 1 aliphatic rings. The van der Waals surface area contributed by atoms with Gasteiger partial charge in [-0.25, -0.2) is 0 Å². The normalized spacial score (nSPS) is 16.7. The van der Waals surface area contributed by atoms with Gasteiger partial charge >= 0.3 is 0 Å². The number of nitriles is 1. The fourth-order valence-electron chi connectivity index (χ4n) is 2.93. The van der Waals surface area contributed by atoms with Crippen LogP contribution in [0.3, 0.4) is 0 Å². The number of hydrogen-bond donors (Lipinski definition) is 1. The number of benzene rings is 1. The van der Waals surface area contributed by atoms with Crippen molar-refractivity contribution in [3.8, 4) is 6.07 Å². The molecule has 134 valence electrons. The van der Waals surface area contributed by atoms with E-state index < -0.39 is 0 Å². The van der Waals surface area contributed by atoms with Gasteiger partial charge in [-0.2, -0.15) is 5.26 Å². The molecule has 26 heavy (non-hydrogen) atoms. The second-order valence-electron chi connectivity index (χ2n) is 5.97. The molecule has 0 aliphatic carbocycles. The molecule has 1 atom stereocenters. The zero-order valence-electron chi connectivity index (χ0n) is 14.4. The minimum atomic E-state index is -0.342. The topological polar surface area (TPSA) is 65.4 Å². The summed E-state index contributed by atoms with van der Waals surface area (Å²) in [6.45, 7) is 3.54. The summed E-state index contributed by atoms with van der Waals surface area (Å²) < 4.78 is 5.44.